The van der Waals surface area contributed by atoms with Crippen molar-refractivity contribution in [3.05, 3.63) is 52.6 Å². The number of likely N-dealkylation sites (N-methyl/N-ethyl adjacent to an activating group) is 1. The Morgan fingerprint density at radius 1 is 1.06 bits per heavy atom. The number of quaternary nitrogens is 1. The van der Waals surface area contributed by atoms with Gasteiger partial charge in [0.2, 0.25) is 10.4 Å². The SMILES string of the molecule is CC(C)=CCCC(C)=CCN(CCCC(C(=O)OC(C)C(OS(=O)(=O)[O-])c1ccc(OS(=O)(=O)O)c(COS(=O)(=O)O)c1)[N+](C)(C)C)C(=N)N. The second kappa shape index (κ2) is 18.9. The third kappa shape index (κ3) is 18.2. The van der Waals surface area contributed by atoms with Crippen molar-refractivity contribution >= 4 is 43.1 Å². The second-order valence-corrected chi connectivity index (χ2v) is 15.7. The van der Waals surface area contributed by atoms with E-state index in [9.17, 15) is 34.6 Å². The molecule has 3 atom stereocenters. The molecule has 0 heterocycles. The second-order valence-electron chi connectivity index (χ2n) is 12.6. The summed E-state index contributed by atoms with van der Waals surface area (Å²) in [5, 5.41) is 7.99. The Labute approximate surface area is 294 Å². The van der Waals surface area contributed by atoms with Crippen LogP contribution in [-0.4, -0.2) is 107 Å². The van der Waals surface area contributed by atoms with E-state index in [4.69, 9.17) is 25.0 Å². The minimum atomic E-state index is -5.47. The number of hydrogen-bond acceptors (Lipinski definition) is 13. The molecule has 0 aliphatic rings. The molecule has 0 bridgehead atoms. The third-order valence-corrected chi connectivity index (χ3v) is 8.38. The minimum Gasteiger partial charge on any atom is -0.726 e. The van der Waals surface area contributed by atoms with Crippen molar-refractivity contribution in [1.82, 2.24) is 4.90 Å². The number of nitrogens with zero attached hydrogens (tertiary/aromatic N) is 2. The zero-order valence-electron chi connectivity index (χ0n) is 29.1. The van der Waals surface area contributed by atoms with Gasteiger partial charge in [0.25, 0.3) is 0 Å². The number of nitrogens with two attached hydrogens (primary N) is 1. The molecule has 0 aromatic heterocycles. The molecular weight excluding hydrogens is 725 g/mol. The highest BCUT2D eigenvalue weighted by Gasteiger charge is 2.36. The molecule has 0 fully saturated rings. The van der Waals surface area contributed by atoms with Crippen LogP contribution in [0.1, 0.15) is 70.6 Å². The first-order valence-corrected chi connectivity index (χ1v) is 19.2. The lowest BCUT2D eigenvalue weighted by Crippen LogP contribution is -2.51. The minimum absolute atomic E-state index is 0.0686. The van der Waals surface area contributed by atoms with E-state index in [2.05, 4.69) is 18.6 Å². The average molecular weight is 773 g/mol. The molecule has 50 heavy (non-hydrogen) atoms. The number of carbonyl (C=O) groups excluding carboxylic acids is 1. The summed E-state index contributed by atoms with van der Waals surface area (Å²) in [6.45, 7) is 6.91. The van der Waals surface area contributed by atoms with Crippen molar-refractivity contribution in [2.24, 2.45) is 5.73 Å². The molecule has 21 heteroatoms. The van der Waals surface area contributed by atoms with Gasteiger partial charge < -0.3 is 28.6 Å². The van der Waals surface area contributed by atoms with Crippen LogP contribution in [0.3, 0.4) is 0 Å². The maximum absolute atomic E-state index is 13.5. The van der Waals surface area contributed by atoms with Crippen LogP contribution in [-0.2, 0) is 55.7 Å². The van der Waals surface area contributed by atoms with E-state index in [0.717, 1.165) is 36.6 Å². The molecule has 1 aromatic rings. The van der Waals surface area contributed by atoms with Gasteiger partial charge in [0, 0.05) is 25.1 Å². The molecule has 3 unspecified atom stereocenters. The van der Waals surface area contributed by atoms with Gasteiger partial charge in [0.15, 0.2) is 17.8 Å². The molecule has 1 rings (SSSR count). The summed E-state index contributed by atoms with van der Waals surface area (Å²) in [4.78, 5) is 15.2. The van der Waals surface area contributed by atoms with Gasteiger partial charge in [-0.1, -0.05) is 29.4 Å². The van der Waals surface area contributed by atoms with Crippen molar-refractivity contribution in [3.8, 4) is 5.75 Å². The van der Waals surface area contributed by atoms with Crippen molar-refractivity contribution in [2.75, 3.05) is 34.2 Å². The molecule has 5 N–H and O–H groups in total. The summed E-state index contributed by atoms with van der Waals surface area (Å²) >= 11 is 0. The van der Waals surface area contributed by atoms with Gasteiger partial charge in [-0.3, -0.25) is 18.7 Å². The maximum atomic E-state index is 13.5. The Morgan fingerprint density at radius 3 is 2.18 bits per heavy atom. The predicted molar refractivity (Wildman–Crippen MR) is 181 cm³/mol. The fraction of sp³-hybridized carbons (Fsp3) is 0.586. The van der Waals surface area contributed by atoms with Gasteiger partial charge in [0.05, 0.1) is 27.7 Å². The Balaban J connectivity index is 3.27. The lowest BCUT2D eigenvalue weighted by atomic mass is 10.0. The molecule has 1 aromatic carbocycles. The van der Waals surface area contributed by atoms with E-state index in [1.54, 1.807) is 26.0 Å². The van der Waals surface area contributed by atoms with Gasteiger partial charge in [-0.2, -0.15) is 16.8 Å². The van der Waals surface area contributed by atoms with Gasteiger partial charge in [-0.05, 0) is 64.7 Å². The van der Waals surface area contributed by atoms with Crippen LogP contribution >= 0.6 is 0 Å². The number of guanidine groups is 1. The topological polar surface area (TPSA) is 273 Å². The van der Waals surface area contributed by atoms with Gasteiger partial charge in [0.1, 0.15) is 12.2 Å². The molecule has 0 aliphatic carbocycles. The number of allylic oxidation sites excluding steroid dienone is 3. The van der Waals surface area contributed by atoms with Crippen molar-refractivity contribution in [2.45, 2.75) is 78.2 Å². The Hall–Kier alpha value is -3.15. The summed E-state index contributed by atoms with van der Waals surface area (Å²) in [5.74, 6) is -1.63. The Kier molecular flexibility index (Phi) is 17.0. The quantitative estimate of drug-likeness (QED) is 0.0266. The van der Waals surface area contributed by atoms with Crippen molar-refractivity contribution in [1.29, 1.82) is 5.41 Å². The van der Waals surface area contributed by atoms with E-state index < -0.39 is 73.3 Å². The first kappa shape index (κ1) is 44.9. The van der Waals surface area contributed by atoms with Crippen LogP contribution in [0.15, 0.2) is 41.5 Å². The van der Waals surface area contributed by atoms with E-state index in [-0.39, 0.29) is 22.4 Å². The molecule has 0 aliphatic heterocycles. The Morgan fingerprint density at radius 2 is 1.68 bits per heavy atom. The molecule has 0 saturated carbocycles. The summed E-state index contributed by atoms with van der Waals surface area (Å²) in [7, 11) is -10.5. The monoisotopic (exact) mass is 772 g/mol. The van der Waals surface area contributed by atoms with Crippen LogP contribution in [0.25, 0.3) is 0 Å². The van der Waals surface area contributed by atoms with Crippen molar-refractivity contribution in [3.63, 3.8) is 0 Å². The number of ether oxygens (including phenoxy) is 1. The molecule has 0 spiro atoms. The number of hydrogen-bond donors (Lipinski definition) is 4. The van der Waals surface area contributed by atoms with E-state index >= 15 is 0 Å². The summed E-state index contributed by atoms with van der Waals surface area (Å²) in [5.41, 5.74) is 7.45. The smallest absolute Gasteiger partial charge is 0.446 e. The molecule has 0 radical (unpaired) electrons. The predicted octanol–water partition coefficient (Wildman–Crippen LogP) is 2.38. The highest BCUT2D eigenvalue weighted by Crippen LogP contribution is 2.31. The lowest BCUT2D eigenvalue weighted by Gasteiger charge is -2.34. The van der Waals surface area contributed by atoms with E-state index in [1.807, 2.05) is 26.8 Å². The molecule has 18 nitrogen and oxygen atoms in total. The van der Waals surface area contributed by atoms with E-state index in [0.29, 0.717) is 19.5 Å². The first-order valence-electron chi connectivity index (χ1n) is 15.1. The molecular formula is C29H48N4O14S3. The molecule has 0 saturated heterocycles. The zero-order chi connectivity index (χ0) is 38.7. The fourth-order valence-electron chi connectivity index (χ4n) is 4.64. The number of carbonyl (C=O) groups is 1. The maximum Gasteiger partial charge on any atom is 0.446 e. The van der Waals surface area contributed by atoms with Gasteiger partial charge >= 0.3 is 26.8 Å². The van der Waals surface area contributed by atoms with Crippen LogP contribution in [0.2, 0.25) is 0 Å². The number of benzene rings is 1. The Bertz CT molecular complexity index is 1720. The zero-order valence-corrected chi connectivity index (χ0v) is 31.5. The van der Waals surface area contributed by atoms with Crippen molar-refractivity contribution < 1.29 is 65.5 Å². The molecule has 286 valence electrons. The van der Waals surface area contributed by atoms with Crippen LogP contribution < -0.4 is 9.92 Å². The largest absolute Gasteiger partial charge is 0.726 e. The number of rotatable bonds is 21. The summed E-state index contributed by atoms with van der Waals surface area (Å²) in [6.07, 6.45) is 3.17. The number of esters is 1. The normalized spacial score (nSPS) is 14.7. The van der Waals surface area contributed by atoms with Crippen LogP contribution in [0.5, 0.6) is 5.75 Å². The standard InChI is InChI=1S/C29H48N4O14S3/c1-20(2)10-8-11-21(3)15-17-32(29(30)31)16-9-12-25(33(5,6)7)28(34)45-22(4)27(47-50(41,42)43)23-13-14-26(46-49(38,39)40)24(18-23)19-44-48(35,36)37/h10,13-15,18,22,25,27H,8-9,11-12,16-17,19H2,1-7H3,(H5-,30,31,35,36,37,38,39,40,41,42,43). The van der Waals surface area contributed by atoms with Gasteiger partial charge in [-0.15, -0.1) is 0 Å². The highest BCUT2D eigenvalue weighted by molar-refractivity contribution is 7.81. The third-order valence-electron chi connectivity index (χ3n) is 7.13. The lowest BCUT2D eigenvalue weighted by molar-refractivity contribution is -0.887. The summed E-state index contributed by atoms with van der Waals surface area (Å²) in [6, 6.07) is 1.92. The van der Waals surface area contributed by atoms with Gasteiger partial charge in [-0.25, -0.2) is 17.4 Å². The van der Waals surface area contributed by atoms with Crippen LogP contribution in [0, 0.1) is 5.41 Å². The summed E-state index contributed by atoms with van der Waals surface area (Å²) < 4.78 is 117. The molecule has 0 amide bonds. The average Bonchev–Trinajstić information content (AvgIpc) is 2.92. The number of nitrogens with one attached hydrogen (secondary N) is 1. The van der Waals surface area contributed by atoms with E-state index in [1.165, 1.54) is 12.5 Å². The fourth-order valence-corrected chi connectivity index (χ4v) is 5.83. The highest BCUT2D eigenvalue weighted by atomic mass is 32.3. The van der Waals surface area contributed by atoms with Crippen LogP contribution in [0.4, 0.5) is 0 Å². The first-order chi connectivity index (χ1) is 22.7.